The lowest BCUT2D eigenvalue weighted by molar-refractivity contribution is 0.0718. The number of nitrogens with two attached hydrogens (primary N) is 1. The van der Waals surface area contributed by atoms with Crippen molar-refractivity contribution in [2.24, 2.45) is 5.41 Å². The molecule has 20 heavy (non-hydrogen) atoms. The minimum Gasteiger partial charge on any atom is -0.397 e. The predicted octanol–water partition coefficient (Wildman–Crippen LogP) is 1.99. The number of rotatable bonds is 4. The molecule has 0 radical (unpaired) electrons. The van der Waals surface area contributed by atoms with Gasteiger partial charge in [0.2, 0.25) is 0 Å². The van der Waals surface area contributed by atoms with Gasteiger partial charge in [-0.05, 0) is 18.9 Å². The zero-order valence-corrected chi connectivity index (χ0v) is 12.1. The van der Waals surface area contributed by atoms with Crippen molar-refractivity contribution in [2.45, 2.75) is 32.1 Å². The number of aromatic nitrogens is 1. The summed E-state index contributed by atoms with van der Waals surface area (Å²) in [5.74, 6) is -0.273. The quantitative estimate of drug-likeness (QED) is 0.742. The van der Waals surface area contributed by atoms with Gasteiger partial charge in [-0.3, -0.25) is 4.79 Å². The van der Waals surface area contributed by atoms with Crippen molar-refractivity contribution >= 4 is 23.2 Å². The van der Waals surface area contributed by atoms with Crippen molar-refractivity contribution in [3.05, 3.63) is 23.0 Å². The number of hydrogen-bond donors (Lipinski definition) is 3. The molecule has 0 bridgehead atoms. The minimum atomic E-state index is -0.273. The smallest absolute Gasteiger partial charge is 0.253 e. The number of halogens is 1. The molecule has 110 valence electrons. The van der Waals surface area contributed by atoms with E-state index in [1.807, 2.05) is 0 Å². The molecule has 5 nitrogen and oxygen atoms in total. The molecule has 0 atom stereocenters. The molecule has 1 aliphatic rings. The maximum Gasteiger partial charge on any atom is 0.253 e. The Bertz CT molecular complexity index is 487. The summed E-state index contributed by atoms with van der Waals surface area (Å²) >= 11 is 5.78. The van der Waals surface area contributed by atoms with Crippen LogP contribution < -0.4 is 11.1 Å². The number of carbonyl (C=O) groups is 1. The maximum atomic E-state index is 12.2. The van der Waals surface area contributed by atoms with Crippen LogP contribution in [0.25, 0.3) is 0 Å². The van der Waals surface area contributed by atoms with Gasteiger partial charge >= 0.3 is 0 Å². The van der Waals surface area contributed by atoms with Gasteiger partial charge in [-0.25, -0.2) is 4.98 Å². The van der Waals surface area contributed by atoms with Crippen molar-refractivity contribution in [1.82, 2.24) is 10.3 Å². The van der Waals surface area contributed by atoms with E-state index >= 15 is 0 Å². The Hall–Kier alpha value is -1.33. The third kappa shape index (κ3) is 3.41. The lowest BCUT2D eigenvalue weighted by Gasteiger charge is -2.35. The molecule has 1 saturated carbocycles. The molecule has 1 fully saturated rings. The summed E-state index contributed by atoms with van der Waals surface area (Å²) in [7, 11) is 0. The average molecular weight is 298 g/mol. The molecule has 1 aromatic heterocycles. The third-order valence-corrected chi connectivity index (χ3v) is 4.23. The van der Waals surface area contributed by atoms with Crippen molar-refractivity contribution in [1.29, 1.82) is 0 Å². The second-order valence-corrected chi connectivity index (χ2v) is 5.88. The van der Waals surface area contributed by atoms with Gasteiger partial charge in [-0.2, -0.15) is 0 Å². The molecule has 0 spiro atoms. The van der Waals surface area contributed by atoms with Crippen LogP contribution in [-0.4, -0.2) is 29.1 Å². The summed E-state index contributed by atoms with van der Waals surface area (Å²) < 4.78 is 0. The zero-order valence-electron chi connectivity index (χ0n) is 11.4. The highest BCUT2D eigenvalue weighted by Gasteiger charge is 2.31. The summed E-state index contributed by atoms with van der Waals surface area (Å²) in [6.07, 6.45) is 6.65. The average Bonchev–Trinajstić information content (AvgIpc) is 2.48. The molecule has 1 heterocycles. The second-order valence-electron chi connectivity index (χ2n) is 5.50. The van der Waals surface area contributed by atoms with Crippen LogP contribution in [0.3, 0.4) is 0 Å². The number of aliphatic hydroxyl groups is 1. The van der Waals surface area contributed by atoms with E-state index in [4.69, 9.17) is 17.3 Å². The Morgan fingerprint density at radius 2 is 2.15 bits per heavy atom. The van der Waals surface area contributed by atoms with E-state index in [9.17, 15) is 9.90 Å². The third-order valence-electron chi connectivity index (χ3n) is 4.02. The molecule has 2 rings (SSSR count). The van der Waals surface area contributed by atoms with Crippen LogP contribution in [-0.2, 0) is 0 Å². The van der Waals surface area contributed by atoms with E-state index in [1.165, 1.54) is 18.7 Å². The topological polar surface area (TPSA) is 88.2 Å². The number of aliphatic hydroxyl groups excluding tert-OH is 1. The monoisotopic (exact) mass is 297 g/mol. The van der Waals surface area contributed by atoms with Crippen molar-refractivity contribution in [2.75, 3.05) is 18.9 Å². The Morgan fingerprint density at radius 3 is 2.80 bits per heavy atom. The summed E-state index contributed by atoms with van der Waals surface area (Å²) in [6.45, 7) is 0.557. The molecular formula is C14H20ClN3O2. The molecule has 0 aliphatic heterocycles. The van der Waals surface area contributed by atoms with Crippen LogP contribution in [0.15, 0.2) is 12.3 Å². The fraction of sp³-hybridized carbons (Fsp3) is 0.571. The number of nitrogen functional groups attached to an aromatic ring is 1. The van der Waals surface area contributed by atoms with Crippen LogP contribution in [0.2, 0.25) is 5.15 Å². The van der Waals surface area contributed by atoms with E-state index in [2.05, 4.69) is 10.3 Å². The molecular weight excluding hydrogens is 278 g/mol. The Morgan fingerprint density at radius 1 is 1.45 bits per heavy atom. The van der Waals surface area contributed by atoms with Crippen molar-refractivity contribution in [3.63, 3.8) is 0 Å². The van der Waals surface area contributed by atoms with Gasteiger partial charge in [0.15, 0.2) is 0 Å². The van der Waals surface area contributed by atoms with Gasteiger partial charge in [-0.15, -0.1) is 0 Å². The summed E-state index contributed by atoms with van der Waals surface area (Å²) in [6, 6.07) is 1.46. The minimum absolute atomic E-state index is 0.0971. The molecule has 0 aromatic carbocycles. The largest absolute Gasteiger partial charge is 0.397 e. The molecule has 4 N–H and O–H groups in total. The van der Waals surface area contributed by atoms with Crippen LogP contribution in [0, 0.1) is 5.41 Å². The summed E-state index contributed by atoms with van der Waals surface area (Å²) in [4.78, 5) is 16.0. The SMILES string of the molecule is Nc1cnc(Cl)cc1C(=O)NCC1(CO)CCCCC1. The van der Waals surface area contributed by atoms with E-state index in [-0.39, 0.29) is 23.1 Å². The number of anilines is 1. The number of pyridine rings is 1. The first-order valence-electron chi connectivity index (χ1n) is 6.86. The zero-order chi connectivity index (χ0) is 14.6. The van der Waals surface area contributed by atoms with E-state index < -0.39 is 0 Å². The molecule has 0 saturated heterocycles. The van der Waals surface area contributed by atoms with Gasteiger partial charge in [0.1, 0.15) is 5.15 Å². The number of carbonyl (C=O) groups excluding carboxylic acids is 1. The fourth-order valence-corrected chi connectivity index (χ4v) is 2.85. The number of hydrogen-bond acceptors (Lipinski definition) is 4. The normalized spacial score (nSPS) is 17.7. The van der Waals surface area contributed by atoms with Gasteiger partial charge in [0, 0.05) is 12.0 Å². The Labute approximate surface area is 123 Å². The molecule has 6 heteroatoms. The molecule has 1 aliphatic carbocycles. The maximum absolute atomic E-state index is 12.2. The van der Waals surface area contributed by atoms with Gasteiger partial charge in [-0.1, -0.05) is 30.9 Å². The Kier molecular flexibility index (Phi) is 4.83. The number of amides is 1. The van der Waals surface area contributed by atoms with Gasteiger partial charge in [0.25, 0.3) is 5.91 Å². The first kappa shape index (κ1) is 15.1. The second kappa shape index (κ2) is 6.41. The van der Waals surface area contributed by atoms with Crippen LogP contribution in [0.5, 0.6) is 0 Å². The van der Waals surface area contributed by atoms with Gasteiger partial charge < -0.3 is 16.2 Å². The van der Waals surface area contributed by atoms with Crippen molar-refractivity contribution < 1.29 is 9.90 Å². The van der Waals surface area contributed by atoms with Crippen LogP contribution in [0.4, 0.5) is 5.69 Å². The molecule has 0 unspecified atom stereocenters. The first-order valence-corrected chi connectivity index (χ1v) is 7.24. The van der Waals surface area contributed by atoms with E-state index in [1.54, 1.807) is 0 Å². The van der Waals surface area contributed by atoms with E-state index in [0.717, 1.165) is 25.7 Å². The first-order chi connectivity index (χ1) is 9.56. The highest BCUT2D eigenvalue weighted by atomic mass is 35.5. The highest BCUT2D eigenvalue weighted by Crippen LogP contribution is 2.35. The number of nitrogens with zero attached hydrogens (tertiary/aromatic N) is 1. The lowest BCUT2D eigenvalue weighted by Crippen LogP contribution is -2.41. The summed E-state index contributed by atoms with van der Waals surface area (Å²) in [5, 5.41) is 12.7. The predicted molar refractivity (Wildman–Crippen MR) is 78.6 cm³/mol. The molecule has 1 amide bonds. The Balaban J connectivity index is 2.02. The van der Waals surface area contributed by atoms with Crippen LogP contribution >= 0.6 is 11.6 Å². The molecule has 1 aromatic rings. The highest BCUT2D eigenvalue weighted by molar-refractivity contribution is 6.29. The fourth-order valence-electron chi connectivity index (χ4n) is 2.69. The standard InChI is InChI=1S/C14H20ClN3O2/c15-12-6-10(11(16)7-17-12)13(20)18-8-14(9-19)4-2-1-3-5-14/h6-7,19H,1-5,8-9,16H2,(H,18,20). The number of nitrogens with one attached hydrogen (secondary N) is 1. The van der Waals surface area contributed by atoms with Crippen molar-refractivity contribution in [3.8, 4) is 0 Å². The summed E-state index contributed by atoms with van der Waals surface area (Å²) in [5.41, 5.74) is 6.17. The van der Waals surface area contributed by atoms with Crippen LogP contribution in [0.1, 0.15) is 42.5 Å². The van der Waals surface area contributed by atoms with Gasteiger partial charge in [0.05, 0.1) is 24.1 Å². The lowest BCUT2D eigenvalue weighted by atomic mass is 9.74. The van der Waals surface area contributed by atoms with E-state index in [0.29, 0.717) is 17.8 Å².